The van der Waals surface area contributed by atoms with Crippen LogP contribution in [0.2, 0.25) is 0 Å². The van der Waals surface area contributed by atoms with Gasteiger partial charge in [0.1, 0.15) is 5.75 Å². The van der Waals surface area contributed by atoms with Crippen molar-refractivity contribution >= 4 is 27.3 Å². The lowest BCUT2D eigenvalue weighted by molar-refractivity contribution is -0.185. The van der Waals surface area contributed by atoms with Crippen LogP contribution in [0.15, 0.2) is 53.4 Å². The van der Waals surface area contributed by atoms with Crippen molar-refractivity contribution in [1.82, 2.24) is 5.06 Å². The second-order valence-corrected chi connectivity index (χ2v) is 11.4. The monoisotopic (exact) mass is 615 g/mol. The summed E-state index contributed by atoms with van der Waals surface area (Å²) < 4.78 is 56.5. The highest BCUT2D eigenvalue weighted by molar-refractivity contribution is 7.92. The molecule has 4 rings (SSSR count). The Labute approximate surface area is 251 Å². The summed E-state index contributed by atoms with van der Waals surface area (Å²) in [4.78, 5) is 12.3. The van der Waals surface area contributed by atoms with Crippen molar-refractivity contribution in [2.24, 2.45) is 0 Å². The van der Waals surface area contributed by atoms with Gasteiger partial charge >= 0.3 is 0 Å². The van der Waals surface area contributed by atoms with Crippen molar-refractivity contribution in [3.63, 3.8) is 0 Å². The van der Waals surface area contributed by atoms with Crippen LogP contribution in [0, 0.1) is 0 Å². The molecule has 0 spiro atoms. The minimum Gasteiger partial charge on any atom is -0.493 e. The zero-order valence-electron chi connectivity index (χ0n) is 24.8. The van der Waals surface area contributed by atoms with Crippen LogP contribution >= 0.6 is 0 Å². The van der Waals surface area contributed by atoms with Crippen LogP contribution in [-0.4, -0.2) is 65.8 Å². The Hall–Kier alpha value is -4.20. The number of methoxy groups -OCH3 is 4. The number of carbonyl (C=O) groups excluding carboxylic acids is 1. The topological polar surface area (TPSA) is 145 Å². The maximum Gasteiger partial charge on any atom is 0.262 e. The first-order valence-corrected chi connectivity index (χ1v) is 15.2. The van der Waals surface area contributed by atoms with Crippen molar-refractivity contribution in [3.05, 3.63) is 59.7 Å². The number of rotatable bonds is 14. The highest BCUT2D eigenvalue weighted by atomic mass is 32.2. The minimum atomic E-state index is -4.06. The molecule has 1 amide bonds. The fraction of sp³-hybridized carbons (Fsp3) is 0.367. The van der Waals surface area contributed by atoms with Crippen LogP contribution in [0.3, 0.4) is 0 Å². The summed E-state index contributed by atoms with van der Waals surface area (Å²) >= 11 is 0. The average Bonchev–Trinajstić information content (AvgIpc) is 3.02. The summed E-state index contributed by atoms with van der Waals surface area (Å²) in [5.41, 5.74) is 2.06. The van der Waals surface area contributed by atoms with E-state index in [0.717, 1.165) is 10.6 Å². The fourth-order valence-corrected chi connectivity index (χ4v) is 5.86. The van der Waals surface area contributed by atoms with Crippen LogP contribution in [0.5, 0.6) is 28.7 Å². The van der Waals surface area contributed by atoms with Crippen molar-refractivity contribution in [2.75, 3.05) is 45.0 Å². The summed E-state index contributed by atoms with van der Waals surface area (Å²) in [7, 11) is 1.95. The van der Waals surface area contributed by atoms with Gasteiger partial charge in [0.25, 0.3) is 10.0 Å². The molecule has 3 N–H and O–H groups in total. The first kappa shape index (κ1) is 31.7. The van der Waals surface area contributed by atoms with Crippen LogP contribution in [0.25, 0.3) is 0 Å². The van der Waals surface area contributed by atoms with Crippen molar-refractivity contribution in [3.8, 4) is 28.7 Å². The van der Waals surface area contributed by atoms with E-state index in [2.05, 4.69) is 10.0 Å². The van der Waals surface area contributed by atoms with Gasteiger partial charge in [0, 0.05) is 24.6 Å². The number of anilines is 2. The second-order valence-electron chi connectivity index (χ2n) is 9.72. The maximum absolute atomic E-state index is 13.3. The number of ether oxygens (including phenoxy) is 5. The van der Waals surface area contributed by atoms with Gasteiger partial charge in [-0.2, -0.15) is 5.06 Å². The summed E-state index contributed by atoms with van der Waals surface area (Å²) in [6.45, 7) is 2.15. The van der Waals surface area contributed by atoms with Crippen molar-refractivity contribution in [2.45, 2.75) is 43.7 Å². The predicted molar refractivity (Wildman–Crippen MR) is 160 cm³/mol. The largest absolute Gasteiger partial charge is 0.493 e. The van der Waals surface area contributed by atoms with E-state index in [1.165, 1.54) is 38.5 Å². The Morgan fingerprint density at radius 1 is 0.884 bits per heavy atom. The second kappa shape index (κ2) is 13.8. The normalized spacial score (nSPS) is 13.5. The van der Waals surface area contributed by atoms with Gasteiger partial charge in [-0.05, 0) is 61.2 Å². The van der Waals surface area contributed by atoms with Gasteiger partial charge in [0.15, 0.2) is 29.2 Å². The molecule has 12 nitrogen and oxygen atoms in total. The number of nitrogens with zero attached hydrogens (tertiary/aromatic N) is 1. The molecule has 0 aromatic heterocycles. The van der Waals surface area contributed by atoms with Crippen LogP contribution in [0.1, 0.15) is 30.9 Å². The molecule has 0 fully saturated rings. The standard InChI is InChI=1S/C30H37N3O9S/c1-6-29(33(35)16-15-19-7-11-24(38-2)26(17-19)40-4)42-23-13-10-22(30-21(23)9-14-28(34)31-30)32-43(36,37)20-8-12-25(39-3)27(18-20)41-5/h7-8,10-13,17-18,29,32,35H,6,9,14-16H2,1-5H3,(H,31,34). The van der Waals surface area contributed by atoms with Gasteiger partial charge < -0.3 is 34.2 Å². The van der Waals surface area contributed by atoms with Gasteiger partial charge in [-0.15, -0.1) is 0 Å². The van der Waals surface area contributed by atoms with Gasteiger partial charge in [0.2, 0.25) is 5.91 Å². The van der Waals surface area contributed by atoms with E-state index >= 15 is 0 Å². The molecule has 0 radical (unpaired) electrons. The molecule has 3 aromatic carbocycles. The van der Waals surface area contributed by atoms with Gasteiger partial charge in [0.05, 0.1) is 44.7 Å². The summed E-state index contributed by atoms with van der Waals surface area (Å²) in [5.74, 6) is 2.05. The van der Waals surface area contributed by atoms with E-state index in [-0.39, 0.29) is 35.2 Å². The van der Waals surface area contributed by atoms with E-state index in [4.69, 9.17) is 23.7 Å². The number of sulfonamides is 1. The molecule has 1 unspecified atom stereocenters. The van der Waals surface area contributed by atoms with Crippen molar-refractivity contribution < 1.29 is 42.1 Å². The molecular weight excluding hydrogens is 578 g/mol. The SMILES string of the molecule is CCC(Oc1ccc(NS(=O)(=O)c2ccc(OC)c(OC)c2)c2c1CCC(=O)N2)N(O)CCc1ccc(OC)c(OC)c1. The Balaban J connectivity index is 1.54. The lowest BCUT2D eigenvalue weighted by atomic mass is 10.0. The van der Waals surface area contributed by atoms with Crippen molar-refractivity contribution in [1.29, 1.82) is 0 Å². The Bertz CT molecular complexity index is 1560. The number of hydrogen-bond acceptors (Lipinski definition) is 10. The van der Waals surface area contributed by atoms with Crippen LogP contribution in [0.4, 0.5) is 11.4 Å². The van der Waals surface area contributed by atoms with Crippen LogP contribution < -0.4 is 33.7 Å². The number of carbonyl (C=O) groups is 1. The molecule has 43 heavy (non-hydrogen) atoms. The van der Waals surface area contributed by atoms with E-state index in [0.29, 0.717) is 53.5 Å². The van der Waals surface area contributed by atoms with E-state index in [1.54, 1.807) is 20.3 Å². The number of benzene rings is 3. The number of fused-ring (bicyclic) bond motifs is 1. The van der Waals surface area contributed by atoms with Gasteiger partial charge in [-0.25, -0.2) is 8.42 Å². The molecule has 1 heterocycles. The van der Waals surface area contributed by atoms with E-state index in [9.17, 15) is 18.4 Å². The number of nitrogens with one attached hydrogen (secondary N) is 2. The highest BCUT2D eigenvalue weighted by Crippen LogP contribution is 2.39. The molecule has 0 bridgehead atoms. The van der Waals surface area contributed by atoms with E-state index < -0.39 is 16.3 Å². The lowest BCUT2D eigenvalue weighted by Gasteiger charge is -2.29. The quantitative estimate of drug-likeness (QED) is 0.176. The van der Waals surface area contributed by atoms with Crippen LogP contribution in [-0.2, 0) is 27.7 Å². The maximum atomic E-state index is 13.3. The molecular formula is C30H37N3O9S. The smallest absolute Gasteiger partial charge is 0.262 e. The molecule has 13 heteroatoms. The first-order chi connectivity index (χ1) is 20.6. The first-order valence-electron chi connectivity index (χ1n) is 13.7. The molecule has 0 aliphatic carbocycles. The zero-order valence-corrected chi connectivity index (χ0v) is 25.6. The summed E-state index contributed by atoms with van der Waals surface area (Å²) in [5, 5.41) is 14.8. The average molecular weight is 616 g/mol. The molecule has 0 saturated heterocycles. The fourth-order valence-electron chi connectivity index (χ4n) is 4.77. The number of hydroxylamine groups is 2. The summed E-state index contributed by atoms with van der Waals surface area (Å²) in [6, 6.07) is 13.0. The minimum absolute atomic E-state index is 0.0437. The number of hydrogen-bond donors (Lipinski definition) is 3. The zero-order chi connectivity index (χ0) is 31.1. The molecule has 1 atom stereocenters. The third kappa shape index (κ3) is 7.24. The highest BCUT2D eigenvalue weighted by Gasteiger charge is 2.27. The molecule has 3 aromatic rings. The van der Waals surface area contributed by atoms with Gasteiger partial charge in [-0.1, -0.05) is 13.0 Å². The molecule has 1 aliphatic rings. The Morgan fingerprint density at radius 3 is 2.16 bits per heavy atom. The molecule has 1 aliphatic heterocycles. The number of amides is 1. The molecule has 232 valence electrons. The molecule has 0 saturated carbocycles. The van der Waals surface area contributed by atoms with E-state index in [1.807, 2.05) is 25.1 Å². The Kier molecular flexibility index (Phi) is 10.2. The third-order valence-corrected chi connectivity index (χ3v) is 8.43. The third-order valence-electron chi connectivity index (χ3n) is 7.07. The van der Waals surface area contributed by atoms with Gasteiger partial charge in [-0.3, -0.25) is 9.52 Å². The predicted octanol–water partition coefficient (Wildman–Crippen LogP) is 4.46. The Morgan fingerprint density at radius 2 is 1.51 bits per heavy atom. The summed E-state index contributed by atoms with van der Waals surface area (Å²) in [6.07, 6.45) is 0.805. The lowest BCUT2D eigenvalue weighted by Crippen LogP contribution is -2.38.